The van der Waals surface area contributed by atoms with E-state index >= 15 is 0 Å². The lowest BCUT2D eigenvalue weighted by Gasteiger charge is -2.33. The number of aliphatic imine (C=N–C) groups is 1. The van der Waals surface area contributed by atoms with Crippen molar-refractivity contribution < 1.29 is 22.4 Å². The van der Waals surface area contributed by atoms with Crippen LogP contribution in [0.25, 0.3) is 0 Å². The molecule has 0 aliphatic carbocycles. The van der Waals surface area contributed by atoms with Crippen molar-refractivity contribution >= 4 is 11.9 Å². The molecule has 1 aromatic rings. The fourth-order valence-electron chi connectivity index (χ4n) is 3.27. The molecule has 1 aromatic carbocycles. The Kier molecular flexibility index (Phi) is 7.65. The number of nitrogens with one attached hydrogen (secondary N) is 2. The maximum Gasteiger partial charge on any atom is 0.416 e. The molecule has 2 N–H and O–H groups in total. The van der Waals surface area contributed by atoms with E-state index in [9.17, 15) is 22.4 Å². The Bertz CT molecular complexity index is 706. The van der Waals surface area contributed by atoms with Gasteiger partial charge in [0.1, 0.15) is 5.82 Å². The minimum absolute atomic E-state index is 0.0491. The summed E-state index contributed by atoms with van der Waals surface area (Å²) in [7, 11) is 1.49. The summed E-state index contributed by atoms with van der Waals surface area (Å²) in [6, 6.07) is 2.80. The molecule has 0 aromatic heterocycles. The largest absolute Gasteiger partial charge is 0.416 e. The summed E-state index contributed by atoms with van der Waals surface area (Å²) in [4.78, 5) is 18.1. The molecular formula is C19H26F4N4O. The van der Waals surface area contributed by atoms with Crippen LogP contribution in [0.3, 0.4) is 0 Å². The molecule has 1 fully saturated rings. The van der Waals surface area contributed by atoms with Crippen LogP contribution in [0, 0.1) is 5.82 Å². The molecule has 28 heavy (non-hydrogen) atoms. The molecule has 0 spiro atoms. The van der Waals surface area contributed by atoms with E-state index in [2.05, 4.69) is 15.6 Å². The molecule has 1 aliphatic heterocycles. The molecule has 2 rings (SSSR count). The number of halogens is 4. The van der Waals surface area contributed by atoms with Crippen LogP contribution in [-0.4, -0.2) is 42.9 Å². The summed E-state index contributed by atoms with van der Waals surface area (Å²) < 4.78 is 52.3. The van der Waals surface area contributed by atoms with E-state index in [1.807, 2.05) is 11.8 Å². The Labute approximate surface area is 162 Å². The van der Waals surface area contributed by atoms with Gasteiger partial charge in [0.15, 0.2) is 5.96 Å². The third kappa shape index (κ3) is 6.10. The van der Waals surface area contributed by atoms with Gasteiger partial charge in [-0.1, -0.05) is 6.07 Å². The van der Waals surface area contributed by atoms with Gasteiger partial charge in [-0.25, -0.2) is 4.39 Å². The topological polar surface area (TPSA) is 56.7 Å². The van der Waals surface area contributed by atoms with Crippen molar-refractivity contribution in [3.8, 4) is 0 Å². The van der Waals surface area contributed by atoms with Gasteiger partial charge < -0.3 is 15.5 Å². The highest BCUT2D eigenvalue weighted by molar-refractivity contribution is 5.81. The molecule has 0 radical (unpaired) electrons. The van der Waals surface area contributed by atoms with Gasteiger partial charge in [0.2, 0.25) is 5.91 Å². The van der Waals surface area contributed by atoms with Gasteiger partial charge in [-0.3, -0.25) is 9.79 Å². The van der Waals surface area contributed by atoms with E-state index in [0.717, 1.165) is 37.9 Å². The Morgan fingerprint density at radius 2 is 2.04 bits per heavy atom. The van der Waals surface area contributed by atoms with Gasteiger partial charge in [-0.2, -0.15) is 13.2 Å². The number of nitrogens with zero attached hydrogens (tertiary/aromatic N) is 2. The second-order valence-corrected chi connectivity index (χ2v) is 6.83. The van der Waals surface area contributed by atoms with Gasteiger partial charge in [0, 0.05) is 39.1 Å². The van der Waals surface area contributed by atoms with Crippen molar-refractivity contribution in [1.82, 2.24) is 15.5 Å². The highest BCUT2D eigenvalue weighted by atomic mass is 19.4. The molecule has 156 valence electrons. The number of hydrogen-bond acceptors (Lipinski definition) is 2. The molecule has 1 aliphatic rings. The minimum atomic E-state index is -4.65. The summed E-state index contributed by atoms with van der Waals surface area (Å²) in [5, 5.41) is 5.70. The lowest BCUT2D eigenvalue weighted by atomic mass is 10.0. The summed E-state index contributed by atoms with van der Waals surface area (Å²) in [6.07, 6.45) is -1.24. The molecule has 1 amide bonds. The maximum atomic E-state index is 13.2. The van der Waals surface area contributed by atoms with Crippen LogP contribution in [0.1, 0.15) is 43.7 Å². The molecule has 5 nitrogen and oxygen atoms in total. The Hall–Kier alpha value is -2.32. The van der Waals surface area contributed by atoms with Crippen molar-refractivity contribution in [1.29, 1.82) is 0 Å². The van der Waals surface area contributed by atoms with Crippen molar-refractivity contribution in [3.63, 3.8) is 0 Å². The van der Waals surface area contributed by atoms with Crippen molar-refractivity contribution in [2.45, 2.75) is 51.4 Å². The first kappa shape index (κ1) is 22.0. The zero-order valence-corrected chi connectivity index (χ0v) is 16.1. The average Bonchev–Trinajstić information content (AvgIpc) is 2.64. The average molecular weight is 402 g/mol. The highest BCUT2D eigenvalue weighted by Gasteiger charge is 2.33. The van der Waals surface area contributed by atoms with E-state index in [4.69, 9.17) is 0 Å². The Morgan fingerprint density at radius 3 is 2.68 bits per heavy atom. The quantitative estimate of drug-likeness (QED) is 0.451. The van der Waals surface area contributed by atoms with Crippen LogP contribution in [0.5, 0.6) is 0 Å². The number of carbonyl (C=O) groups excluding carboxylic acids is 1. The van der Waals surface area contributed by atoms with Crippen LogP contribution < -0.4 is 10.6 Å². The minimum Gasteiger partial charge on any atom is -0.356 e. The number of likely N-dealkylation sites (tertiary alicyclic amines) is 1. The van der Waals surface area contributed by atoms with Gasteiger partial charge in [-0.05, 0) is 43.9 Å². The molecule has 9 heteroatoms. The molecule has 1 saturated heterocycles. The van der Waals surface area contributed by atoms with E-state index < -0.39 is 17.6 Å². The molecule has 0 saturated carbocycles. The van der Waals surface area contributed by atoms with Crippen molar-refractivity contribution in [3.05, 3.63) is 35.1 Å². The predicted octanol–water partition coefficient (Wildman–Crippen LogP) is 3.30. The number of rotatable bonds is 5. The SMILES string of the molecule is CN=C(NCCC(=O)N1CCCCC1C)NCc1ccc(F)cc1C(F)(F)F. The molecule has 1 unspecified atom stereocenters. The van der Waals surface area contributed by atoms with E-state index in [0.29, 0.717) is 12.6 Å². The van der Waals surface area contributed by atoms with Crippen molar-refractivity contribution in [2.75, 3.05) is 20.1 Å². The van der Waals surface area contributed by atoms with Crippen LogP contribution >= 0.6 is 0 Å². The number of piperidine rings is 1. The smallest absolute Gasteiger partial charge is 0.356 e. The summed E-state index contributed by atoms with van der Waals surface area (Å²) >= 11 is 0. The number of carbonyl (C=O) groups is 1. The summed E-state index contributed by atoms with van der Waals surface area (Å²) in [5.41, 5.74) is -1.11. The second-order valence-electron chi connectivity index (χ2n) is 6.83. The number of benzene rings is 1. The third-order valence-electron chi connectivity index (χ3n) is 4.80. The lowest BCUT2D eigenvalue weighted by Crippen LogP contribution is -2.44. The zero-order valence-electron chi connectivity index (χ0n) is 16.1. The van der Waals surface area contributed by atoms with Gasteiger partial charge in [-0.15, -0.1) is 0 Å². The Balaban J connectivity index is 1.86. The summed E-state index contributed by atoms with van der Waals surface area (Å²) in [5.74, 6) is -0.617. The van der Waals surface area contributed by atoms with Crippen molar-refractivity contribution in [2.24, 2.45) is 4.99 Å². The number of hydrogen-bond donors (Lipinski definition) is 2. The maximum absolute atomic E-state index is 13.2. The highest BCUT2D eigenvalue weighted by Crippen LogP contribution is 2.32. The first-order valence-electron chi connectivity index (χ1n) is 9.32. The summed E-state index contributed by atoms with van der Waals surface area (Å²) in [6.45, 7) is 2.94. The monoisotopic (exact) mass is 402 g/mol. The number of amides is 1. The number of alkyl halides is 3. The van der Waals surface area contributed by atoms with Crippen LogP contribution in [0.2, 0.25) is 0 Å². The van der Waals surface area contributed by atoms with Gasteiger partial charge >= 0.3 is 6.18 Å². The molecule has 1 atom stereocenters. The second kappa shape index (κ2) is 9.75. The normalized spacial score (nSPS) is 18.1. The standard InChI is InChI=1S/C19H26F4N4O/c1-13-5-3-4-10-27(13)17(28)8-9-25-18(24-2)26-12-14-6-7-15(20)11-16(14)19(21,22)23/h6-7,11,13H,3-5,8-10,12H2,1-2H3,(H2,24,25,26). The fraction of sp³-hybridized carbons (Fsp3) is 0.579. The first-order valence-corrected chi connectivity index (χ1v) is 9.32. The lowest BCUT2D eigenvalue weighted by molar-refractivity contribution is -0.138. The predicted molar refractivity (Wildman–Crippen MR) is 99.2 cm³/mol. The van der Waals surface area contributed by atoms with E-state index in [-0.39, 0.29) is 36.4 Å². The van der Waals surface area contributed by atoms with E-state index in [1.165, 1.54) is 7.05 Å². The number of guanidine groups is 1. The van der Waals surface area contributed by atoms with Crippen LogP contribution in [0.15, 0.2) is 23.2 Å². The Morgan fingerprint density at radius 1 is 1.29 bits per heavy atom. The van der Waals surface area contributed by atoms with Crippen LogP contribution in [-0.2, 0) is 17.5 Å². The molecular weight excluding hydrogens is 376 g/mol. The van der Waals surface area contributed by atoms with Gasteiger partial charge in [0.25, 0.3) is 0 Å². The third-order valence-corrected chi connectivity index (χ3v) is 4.80. The molecule has 0 bridgehead atoms. The zero-order chi connectivity index (χ0) is 20.7. The van der Waals surface area contributed by atoms with Gasteiger partial charge in [0.05, 0.1) is 5.56 Å². The molecule has 1 heterocycles. The van der Waals surface area contributed by atoms with E-state index in [1.54, 1.807) is 0 Å². The fourth-order valence-corrected chi connectivity index (χ4v) is 3.27. The van der Waals surface area contributed by atoms with Crippen LogP contribution in [0.4, 0.5) is 17.6 Å². The first-order chi connectivity index (χ1) is 13.2.